The third kappa shape index (κ3) is 8.08. The maximum absolute atomic E-state index is 9.27. The Morgan fingerprint density at radius 3 is 2.43 bits per heavy atom. The third-order valence-corrected chi connectivity index (χ3v) is 1.80. The van der Waals surface area contributed by atoms with Crippen molar-refractivity contribution in [2.24, 2.45) is 0 Å². The number of hydrogen-bond acceptors (Lipinski definition) is 3. The molecule has 0 aliphatic rings. The van der Waals surface area contributed by atoms with Gasteiger partial charge in [0.25, 0.3) is 0 Å². The van der Waals surface area contributed by atoms with Crippen LogP contribution in [0.25, 0.3) is 0 Å². The van der Waals surface area contributed by atoms with Gasteiger partial charge in [0.2, 0.25) is 0 Å². The van der Waals surface area contributed by atoms with Crippen molar-refractivity contribution in [3.8, 4) is 0 Å². The standard InChI is InChI=1S/C11H24N2O/c1-5-7-13(10-11(2)14)9-6-8-12(3)4/h6,9,11,14H,5,7-8,10H2,1-4H3. The topological polar surface area (TPSA) is 26.7 Å². The monoisotopic (exact) mass is 200 g/mol. The molecule has 0 fully saturated rings. The molecule has 14 heavy (non-hydrogen) atoms. The summed E-state index contributed by atoms with van der Waals surface area (Å²) < 4.78 is 0. The van der Waals surface area contributed by atoms with Crippen LogP contribution in [0.1, 0.15) is 20.3 Å². The minimum atomic E-state index is -0.259. The van der Waals surface area contributed by atoms with Gasteiger partial charge in [-0.15, -0.1) is 0 Å². The summed E-state index contributed by atoms with van der Waals surface area (Å²) >= 11 is 0. The molecule has 0 bridgehead atoms. The van der Waals surface area contributed by atoms with Gasteiger partial charge in [-0.2, -0.15) is 0 Å². The Morgan fingerprint density at radius 1 is 1.36 bits per heavy atom. The van der Waals surface area contributed by atoms with Crippen molar-refractivity contribution >= 4 is 0 Å². The zero-order chi connectivity index (χ0) is 11.0. The smallest absolute Gasteiger partial charge is 0.0686 e. The van der Waals surface area contributed by atoms with Crippen LogP contribution in [-0.4, -0.2) is 54.7 Å². The van der Waals surface area contributed by atoms with Gasteiger partial charge in [0.05, 0.1) is 6.10 Å². The van der Waals surface area contributed by atoms with Crippen molar-refractivity contribution in [2.75, 3.05) is 33.7 Å². The summed E-state index contributed by atoms with van der Waals surface area (Å²) in [5.41, 5.74) is 0. The van der Waals surface area contributed by atoms with Gasteiger partial charge in [-0.05, 0) is 33.6 Å². The van der Waals surface area contributed by atoms with Crippen LogP contribution in [0.4, 0.5) is 0 Å². The highest BCUT2D eigenvalue weighted by atomic mass is 16.3. The van der Waals surface area contributed by atoms with Crippen molar-refractivity contribution in [3.63, 3.8) is 0 Å². The number of likely N-dealkylation sites (N-methyl/N-ethyl adjacent to an activating group) is 1. The molecular weight excluding hydrogens is 176 g/mol. The molecule has 3 heteroatoms. The van der Waals surface area contributed by atoms with E-state index < -0.39 is 0 Å². The maximum atomic E-state index is 9.27. The first kappa shape index (κ1) is 13.5. The summed E-state index contributed by atoms with van der Waals surface area (Å²) in [5, 5.41) is 9.27. The highest BCUT2D eigenvalue weighted by Crippen LogP contribution is 1.96. The number of nitrogens with zero attached hydrogens (tertiary/aromatic N) is 2. The summed E-state index contributed by atoms with van der Waals surface area (Å²) in [6.45, 7) is 6.64. The molecule has 1 atom stereocenters. The molecule has 0 spiro atoms. The summed E-state index contributed by atoms with van der Waals surface area (Å²) in [7, 11) is 4.09. The third-order valence-electron chi connectivity index (χ3n) is 1.80. The van der Waals surface area contributed by atoms with Crippen LogP contribution < -0.4 is 0 Å². The number of aliphatic hydroxyl groups excluding tert-OH is 1. The van der Waals surface area contributed by atoms with Crippen molar-refractivity contribution in [2.45, 2.75) is 26.4 Å². The Hall–Kier alpha value is -0.540. The van der Waals surface area contributed by atoms with E-state index >= 15 is 0 Å². The van der Waals surface area contributed by atoms with Crippen LogP contribution in [0.15, 0.2) is 12.3 Å². The molecule has 0 rings (SSSR count). The van der Waals surface area contributed by atoms with Crippen LogP contribution in [0.2, 0.25) is 0 Å². The molecule has 0 aliphatic heterocycles. The molecule has 1 unspecified atom stereocenters. The van der Waals surface area contributed by atoms with Gasteiger partial charge in [-0.25, -0.2) is 0 Å². The van der Waals surface area contributed by atoms with Crippen LogP contribution in [0, 0.1) is 0 Å². The van der Waals surface area contributed by atoms with Crippen molar-refractivity contribution < 1.29 is 5.11 Å². The Balaban J connectivity index is 3.88. The predicted molar refractivity (Wildman–Crippen MR) is 61.2 cm³/mol. The molecule has 0 saturated heterocycles. The van der Waals surface area contributed by atoms with E-state index in [1.54, 1.807) is 0 Å². The fourth-order valence-corrected chi connectivity index (χ4v) is 1.26. The number of rotatable bonds is 7. The molecule has 3 nitrogen and oxygen atoms in total. The fourth-order valence-electron chi connectivity index (χ4n) is 1.26. The average Bonchev–Trinajstić information content (AvgIpc) is 2.02. The predicted octanol–water partition coefficient (Wildman–Crippen LogP) is 1.15. The lowest BCUT2D eigenvalue weighted by Gasteiger charge is -2.21. The quantitative estimate of drug-likeness (QED) is 0.668. The maximum Gasteiger partial charge on any atom is 0.0686 e. The number of aliphatic hydroxyl groups is 1. The first-order valence-corrected chi connectivity index (χ1v) is 5.29. The Bertz CT molecular complexity index is 155. The van der Waals surface area contributed by atoms with E-state index in [0.717, 1.165) is 26.1 Å². The van der Waals surface area contributed by atoms with Crippen molar-refractivity contribution in [1.29, 1.82) is 0 Å². The lowest BCUT2D eigenvalue weighted by molar-refractivity contribution is 0.151. The molecule has 0 aromatic heterocycles. The SMILES string of the molecule is CCCN(C=CCN(C)C)CC(C)O. The minimum Gasteiger partial charge on any atom is -0.392 e. The lowest BCUT2D eigenvalue weighted by atomic mass is 10.3. The molecule has 0 heterocycles. The molecule has 0 aliphatic carbocycles. The van der Waals surface area contributed by atoms with E-state index in [9.17, 15) is 5.11 Å². The van der Waals surface area contributed by atoms with E-state index in [1.807, 2.05) is 21.0 Å². The first-order chi connectivity index (χ1) is 6.56. The van der Waals surface area contributed by atoms with E-state index in [4.69, 9.17) is 0 Å². The van der Waals surface area contributed by atoms with Crippen molar-refractivity contribution in [3.05, 3.63) is 12.3 Å². The summed E-state index contributed by atoms with van der Waals surface area (Å²) in [5.74, 6) is 0. The Morgan fingerprint density at radius 2 is 2.00 bits per heavy atom. The second-order valence-electron chi connectivity index (χ2n) is 3.99. The zero-order valence-corrected chi connectivity index (χ0v) is 9.90. The van der Waals surface area contributed by atoms with Crippen molar-refractivity contribution in [1.82, 2.24) is 9.80 Å². The molecule has 0 radical (unpaired) electrons. The summed E-state index contributed by atoms with van der Waals surface area (Å²) in [4.78, 5) is 4.27. The van der Waals surface area contributed by atoms with Crippen LogP contribution in [0.3, 0.4) is 0 Å². The molecule has 0 amide bonds. The van der Waals surface area contributed by atoms with Gasteiger partial charge in [0, 0.05) is 19.6 Å². The molecule has 1 N–H and O–H groups in total. The largest absolute Gasteiger partial charge is 0.392 e. The highest BCUT2D eigenvalue weighted by molar-refractivity contribution is 4.84. The average molecular weight is 200 g/mol. The first-order valence-electron chi connectivity index (χ1n) is 5.29. The van der Waals surface area contributed by atoms with Gasteiger partial charge in [-0.3, -0.25) is 0 Å². The van der Waals surface area contributed by atoms with E-state index in [-0.39, 0.29) is 6.10 Å². The van der Waals surface area contributed by atoms with Gasteiger partial charge in [0.15, 0.2) is 0 Å². The second-order valence-corrected chi connectivity index (χ2v) is 3.99. The van der Waals surface area contributed by atoms with Gasteiger partial charge in [0.1, 0.15) is 0 Å². The zero-order valence-electron chi connectivity index (χ0n) is 9.90. The van der Waals surface area contributed by atoms with Gasteiger partial charge in [-0.1, -0.05) is 13.0 Å². The van der Waals surface area contributed by atoms with Gasteiger partial charge < -0.3 is 14.9 Å². The van der Waals surface area contributed by atoms with E-state index in [1.165, 1.54) is 0 Å². The van der Waals surface area contributed by atoms with Crippen LogP contribution in [0.5, 0.6) is 0 Å². The molecule has 0 saturated carbocycles. The fraction of sp³-hybridized carbons (Fsp3) is 0.818. The number of hydrogen-bond donors (Lipinski definition) is 1. The van der Waals surface area contributed by atoms with E-state index in [2.05, 4.69) is 29.0 Å². The van der Waals surface area contributed by atoms with Gasteiger partial charge >= 0.3 is 0 Å². The molecule has 0 aromatic carbocycles. The van der Waals surface area contributed by atoms with Crippen LogP contribution in [-0.2, 0) is 0 Å². The molecular formula is C11H24N2O. The Kier molecular flexibility index (Phi) is 7.52. The van der Waals surface area contributed by atoms with E-state index in [0.29, 0.717) is 0 Å². The Labute approximate surface area is 88.0 Å². The molecule has 0 aromatic rings. The lowest BCUT2D eigenvalue weighted by Crippen LogP contribution is -2.27. The minimum absolute atomic E-state index is 0.259. The normalized spacial score (nSPS) is 13.9. The molecule has 84 valence electrons. The summed E-state index contributed by atoms with van der Waals surface area (Å²) in [6.07, 6.45) is 5.05. The van der Waals surface area contributed by atoms with Crippen LogP contribution >= 0.6 is 0 Å². The second kappa shape index (κ2) is 7.83. The summed E-state index contributed by atoms with van der Waals surface area (Å²) in [6, 6.07) is 0. The highest BCUT2D eigenvalue weighted by Gasteiger charge is 2.01.